The number of hydrogen-bond donors (Lipinski definition) is 3. The van der Waals surface area contributed by atoms with E-state index in [0.29, 0.717) is 0 Å². The van der Waals surface area contributed by atoms with E-state index < -0.39 is 7.32 Å². The van der Waals surface area contributed by atoms with Crippen LogP contribution < -0.4 is 29.6 Å². The molecular weight excluding hydrogens is 97.8 g/mol. The minimum Gasteiger partial charge on any atom is -0.870 e. The fraction of sp³-hybridized carbons (Fsp3) is 0. The van der Waals surface area contributed by atoms with E-state index in [1.807, 2.05) is 0 Å². The second-order valence-corrected chi connectivity index (χ2v) is 0.346. The van der Waals surface area contributed by atoms with Crippen LogP contribution in [0.1, 0.15) is 0 Å². The Balaban J connectivity index is -0.0000000450. The van der Waals surface area contributed by atoms with Crippen molar-refractivity contribution in [2.75, 3.05) is 0 Å². The molecule has 0 unspecified atom stereocenters. The maximum absolute atomic E-state index is 7.17. The van der Waals surface area contributed by atoms with Crippen molar-refractivity contribution in [1.82, 2.24) is 0 Å². The summed E-state index contributed by atoms with van der Waals surface area (Å²) in [7, 11) is -2.17. The molecular formula is H4BNaO4. The van der Waals surface area contributed by atoms with Crippen LogP contribution in [0.15, 0.2) is 0 Å². The first-order valence-corrected chi connectivity index (χ1v) is 0.775. The van der Waals surface area contributed by atoms with Gasteiger partial charge in [-0.15, -0.1) is 0 Å². The summed E-state index contributed by atoms with van der Waals surface area (Å²) in [5.74, 6) is 0. The van der Waals surface area contributed by atoms with Crippen molar-refractivity contribution in [2.45, 2.75) is 0 Å². The van der Waals surface area contributed by atoms with Gasteiger partial charge in [0.25, 0.3) is 0 Å². The Morgan fingerprint density at radius 3 is 1.00 bits per heavy atom. The zero-order valence-electron chi connectivity index (χ0n) is 3.37. The van der Waals surface area contributed by atoms with Crippen molar-refractivity contribution in [1.29, 1.82) is 0 Å². The molecule has 6 heavy (non-hydrogen) atoms. The second kappa shape index (κ2) is 9.32. The molecule has 0 saturated carbocycles. The van der Waals surface area contributed by atoms with Crippen molar-refractivity contribution in [2.24, 2.45) is 0 Å². The first-order chi connectivity index (χ1) is 1.73. The summed E-state index contributed by atoms with van der Waals surface area (Å²) in [6.45, 7) is 0. The van der Waals surface area contributed by atoms with Crippen LogP contribution in [0.25, 0.3) is 0 Å². The normalized spacial score (nSPS) is 4.50. The van der Waals surface area contributed by atoms with Crippen molar-refractivity contribution >= 4 is 7.32 Å². The van der Waals surface area contributed by atoms with Crippen molar-refractivity contribution in [3.05, 3.63) is 0 Å². The molecule has 0 saturated heterocycles. The average molecular weight is 102 g/mol. The second-order valence-electron chi connectivity index (χ2n) is 0.346. The molecule has 0 heterocycles. The van der Waals surface area contributed by atoms with Crippen LogP contribution in [-0.4, -0.2) is 27.9 Å². The zero-order chi connectivity index (χ0) is 3.58. The van der Waals surface area contributed by atoms with E-state index in [1.54, 1.807) is 0 Å². The molecule has 0 atom stereocenters. The third kappa shape index (κ3) is 91.3. The van der Waals surface area contributed by atoms with Gasteiger partial charge in [-0.3, -0.25) is 0 Å². The summed E-state index contributed by atoms with van der Waals surface area (Å²) in [4.78, 5) is 0. The summed E-state index contributed by atoms with van der Waals surface area (Å²) in [5.41, 5.74) is 0. The van der Waals surface area contributed by atoms with E-state index in [-0.39, 0.29) is 35.0 Å². The predicted octanol–water partition coefficient (Wildman–Crippen LogP) is -5.22. The molecule has 4 N–H and O–H groups in total. The molecule has 0 radical (unpaired) electrons. The van der Waals surface area contributed by atoms with Crippen LogP contribution in [0.3, 0.4) is 0 Å². The Morgan fingerprint density at radius 1 is 1.00 bits per heavy atom. The molecule has 0 amide bonds. The Kier molecular flexibility index (Phi) is 24.5. The summed E-state index contributed by atoms with van der Waals surface area (Å²) >= 11 is 0. The minimum atomic E-state index is -2.17. The van der Waals surface area contributed by atoms with Crippen LogP contribution in [0, 0.1) is 0 Å². The van der Waals surface area contributed by atoms with Crippen LogP contribution >= 0.6 is 0 Å². The molecule has 4 nitrogen and oxygen atoms in total. The molecule has 0 bridgehead atoms. The molecule has 6 heteroatoms. The Hall–Kier alpha value is 0.905. The maximum atomic E-state index is 7.17. The van der Waals surface area contributed by atoms with Crippen LogP contribution in [0.2, 0.25) is 0 Å². The molecule has 0 spiro atoms. The van der Waals surface area contributed by atoms with Crippen LogP contribution in [-0.2, 0) is 0 Å². The van der Waals surface area contributed by atoms with E-state index in [1.165, 1.54) is 0 Å². The van der Waals surface area contributed by atoms with Gasteiger partial charge >= 0.3 is 36.9 Å². The first kappa shape index (κ1) is 15.8. The molecule has 32 valence electrons. The SMILES string of the molecule is OB(O)O.[Na+].[OH-]. The quantitative estimate of drug-likeness (QED) is 0.266. The van der Waals surface area contributed by atoms with Gasteiger partial charge in [-0.1, -0.05) is 0 Å². The number of rotatable bonds is 0. The molecule has 0 aromatic heterocycles. The van der Waals surface area contributed by atoms with E-state index in [9.17, 15) is 0 Å². The van der Waals surface area contributed by atoms with Gasteiger partial charge in [0.05, 0.1) is 0 Å². The molecule has 0 aromatic rings. The van der Waals surface area contributed by atoms with Crippen LogP contribution in [0.5, 0.6) is 0 Å². The maximum Gasteiger partial charge on any atom is 1.00 e. The summed E-state index contributed by atoms with van der Waals surface area (Å²) in [6, 6.07) is 0. The van der Waals surface area contributed by atoms with Gasteiger partial charge in [0.15, 0.2) is 0 Å². The molecule has 0 aliphatic heterocycles. The largest absolute Gasteiger partial charge is 1.00 e. The fourth-order valence-electron chi connectivity index (χ4n) is 0. The zero-order valence-corrected chi connectivity index (χ0v) is 5.37. The summed E-state index contributed by atoms with van der Waals surface area (Å²) < 4.78 is 0. The third-order valence-electron chi connectivity index (χ3n) is 0. The van der Waals surface area contributed by atoms with Gasteiger partial charge in [0.1, 0.15) is 0 Å². The van der Waals surface area contributed by atoms with E-state index in [0.717, 1.165) is 0 Å². The van der Waals surface area contributed by atoms with Gasteiger partial charge < -0.3 is 20.5 Å². The van der Waals surface area contributed by atoms with Gasteiger partial charge in [-0.2, -0.15) is 0 Å². The summed E-state index contributed by atoms with van der Waals surface area (Å²) in [6.07, 6.45) is 0. The molecule has 0 aliphatic carbocycles. The van der Waals surface area contributed by atoms with E-state index >= 15 is 0 Å². The smallest absolute Gasteiger partial charge is 0.870 e. The Bertz CT molecular complexity index is 12.3. The van der Waals surface area contributed by atoms with E-state index in [2.05, 4.69) is 0 Å². The first-order valence-electron chi connectivity index (χ1n) is 0.775. The number of hydrogen-bond acceptors (Lipinski definition) is 4. The topological polar surface area (TPSA) is 90.7 Å². The van der Waals surface area contributed by atoms with Crippen molar-refractivity contribution in [3.8, 4) is 0 Å². The average Bonchev–Trinajstić information content (AvgIpc) is 0.811. The standard InChI is InChI=1S/BH3O3.Na.H2O/c2-1(3)4;;/h2-4H;;1H2/q;+1;/p-1. The molecule has 0 aliphatic rings. The van der Waals surface area contributed by atoms with Crippen LogP contribution in [0.4, 0.5) is 0 Å². The minimum absolute atomic E-state index is 0. The third-order valence-corrected chi connectivity index (χ3v) is 0. The van der Waals surface area contributed by atoms with Gasteiger partial charge in [-0.25, -0.2) is 0 Å². The molecule has 0 aromatic carbocycles. The Morgan fingerprint density at radius 2 is 1.00 bits per heavy atom. The van der Waals surface area contributed by atoms with Crippen molar-refractivity contribution in [3.63, 3.8) is 0 Å². The molecule has 0 rings (SSSR count). The van der Waals surface area contributed by atoms with Crippen molar-refractivity contribution < 1.29 is 50.1 Å². The van der Waals surface area contributed by atoms with Gasteiger partial charge in [0.2, 0.25) is 0 Å². The van der Waals surface area contributed by atoms with Gasteiger partial charge in [0, 0.05) is 0 Å². The monoisotopic (exact) mass is 102 g/mol. The molecule has 0 fully saturated rings. The van der Waals surface area contributed by atoms with E-state index in [4.69, 9.17) is 15.1 Å². The summed E-state index contributed by atoms with van der Waals surface area (Å²) in [5, 5.41) is 21.5. The fourth-order valence-corrected chi connectivity index (χ4v) is 0. The van der Waals surface area contributed by atoms with Gasteiger partial charge in [-0.05, 0) is 0 Å². The predicted molar refractivity (Wildman–Crippen MR) is 14.3 cm³/mol. The Labute approximate surface area is 57.6 Å².